The van der Waals surface area contributed by atoms with Crippen LogP contribution in [0, 0.1) is 5.82 Å². The van der Waals surface area contributed by atoms with E-state index < -0.39 is 0 Å². The molecule has 0 aliphatic heterocycles. The third-order valence-corrected chi connectivity index (χ3v) is 3.21. The lowest BCUT2D eigenvalue weighted by Gasteiger charge is -2.24. The van der Waals surface area contributed by atoms with Crippen molar-refractivity contribution in [3.05, 3.63) is 29.6 Å². The summed E-state index contributed by atoms with van der Waals surface area (Å²) in [4.78, 5) is 0. The predicted molar refractivity (Wildman–Crippen MR) is 70.2 cm³/mol. The summed E-state index contributed by atoms with van der Waals surface area (Å²) < 4.78 is 23.8. The van der Waals surface area contributed by atoms with Gasteiger partial charge in [0.05, 0.1) is 12.7 Å². The normalized spacial score (nSPS) is 13.4. The SMILES string of the molecule is COc1ccc(C(N)CCC(C)(C)OC)cc1F. The topological polar surface area (TPSA) is 44.5 Å². The quantitative estimate of drug-likeness (QED) is 0.849. The van der Waals surface area contributed by atoms with Crippen LogP contribution < -0.4 is 10.5 Å². The number of hydrogen-bond donors (Lipinski definition) is 1. The van der Waals surface area contributed by atoms with Gasteiger partial charge in [0.25, 0.3) is 0 Å². The number of methoxy groups -OCH3 is 2. The molecule has 3 nitrogen and oxygen atoms in total. The molecule has 0 amide bonds. The van der Waals surface area contributed by atoms with Crippen molar-refractivity contribution in [3.63, 3.8) is 0 Å². The van der Waals surface area contributed by atoms with Crippen LogP contribution in [0.4, 0.5) is 4.39 Å². The Morgan fingerprint density at radius 2 is 2.00 bits per heavy atom. The van der Waals surface area contributed by atoms with Crippen LogP contribution in [0.2, 0.25) is 0 Å². The molecule has 0 aliphatic carbocycles. The van der Waals surface area contributed by atoms with Crippen molar-refractivity contribution in [2.75, 3.05) is 14.2 Å². The first kappa shape index (κ1) is 14.9. The maximum absolute atomic E-state index is 13.5. The minimum Gasteiger partial charge on any atom is -0.494 e. The summed E-state index contributed by atoms with van der Waals surface area (Å²) in [6, 6.07) is 4.64. The summed E-state index contributed by atoms with van der Waals surface area (Å²) in [7, 11) is 3.12. The zero-order valence-electron chi connectivity index (χ0n) is 11.5. The van der Waals surface area contributed by atoms with Crippen molar-refractivity contribution in [1.82, 2.24) is 0 Å². The standard InChI is InChI=1S/C14H22FNO2/c1-14(2,18-4)8-7-12(16)10-5-6-13(17-3)11(15)9-10/h5-6,9,12H,7-8,16H2,1-4H3. The molecule has 0 fully saturated rings. The minimum atomic E-state index is -0.378. The van der Waals surface area contributed by atoms with Crippen molar-refractivity contribution in [3.8, 4) is 5.75 Å². The van der Waals surface area contributed by atoms with E-state index in [1.165, 1.54) is 13.2 Å². The van der Waals surface area contributed by atoms with Crippen LogP contribution in [0.1, 0.15) is 38.3 Å². The van der Waals surface area contributed by atoms with Gasteiger partial charge in [-0.2, -0.15) is 0 Å². The molecule has 2 N–H and O–H groups in total. The van der Waals surface area contributed by atoms with E-state index in [2.05, 4.69) is 0 Å². The lowest BCUT2D eigenvalue weighted by atomic mass is 9.95. The summed E-state index contributed by atoms with van der Waals surface area (Å²) in [5, 5.41) is 0. The van der Waals surface area contributed by atoms with Crippen LogP contribution in [0.15, 0.2) is 18.2 Å². The number of ether oxygens (including phenoxy) is 2. The summed E-state index contributed by atoms with van der Waals surface area (Å²) in [5.41, 5.74) is 6.63. The van der Waals surface area contributed by atoms with E-state index in [1.807, 2.05) is 13.8 Å². The monoisotopic (exact) mass is 255 g/mol. The molecule has 1 atom stereocenters. The summed E-state index contributed by atoms with van der Waals surface area (Å²) in [5.74, 6) is -0.139. The molecule has 0 aliphatic rings. The van der Waals surface area contributed by atoms with Gasteiger partial charge in [0.2, 0.25) is 0 Å². The highest BCUT2D eigenvalue weighted by atomic mass is 19.1. The molecular weight excluding hydrogens is 233 g/mol. The van der Waals surface area contributed by atoms with Gasteiger partial charge < -0.3 is 15.2 Å². The molecule has 1 aromatic carbocycles. The fourth-order valence-electron chi connectivity index (χ4n) is 1.69. The van der Waals surface area contributed by atoms with Crippen LogP contribution in [0.5, 0.6) is 5.75 Å². The Labute approximate surface area is 108 Å². The summed E-state index contributed by atoms with van der Waals surface area (Å²) in [6.45, 7) is 4.02. The molecule has 4 heteroatoms. The van der Waals surface area contributed by atoms with Gasteiger partial charge >= 0.3 is 0 Å². The van der Waals surface area contributed by atoms with Crippen LogP contribution in [0.3, 0.4) is 0 Å². The highest BCUT2D eigenvalue weighted by Crippen LogP contribution is 2.25. The van der Waals surface area contributed by atoms with Crippen LogP contribution in [-0.4, -0.2) is 19.8 Å². The van der Waals surface area contributed by atoms with Gasteiger partial charge in [0.1, 0.15) is 0 Å². The lowest BCUT2D eigenvalue weighted by molar-refractivity contribution is 0.0125. The number of hydrogen-bond acceptors (Lipinski definition) is 3. The molecule has 0 radical (unpaired) electrons. The molecule has 0 spiro atoms. The van der Waals surface area contributed by atoms with Crippen molar-refractivity contribution >= 4 is 0 Å². The van der Waals surface area contributed by atoms with E-state index in [4.69, 9.17) is 15.2 Å². The Morgan fingerprint density at radius 1 is 1.33 bits per heavy atom. The largest absolute Gasteiger partial charge is 0.494 e. The third-order valence-electron chi connectivity index (χ3n) is 3.21. The molecule has 0 saturated carbocycles. The maximum atomic E-state index is 13.5. The second-order valence-electron chi connectivity index (χ2n) is 5.00. The highest BCUT2D eigenvalue weighted by Gasteiger charge is 2.19. The Hall–Kier alpha value is -1.13. The van der Waals surface area contributed by atoms with E-state index in [9.17, 15) is 4.39 Å². The minimum absolute atomic E-state index is 0.195. The smallest absolute Gasteiger partial charge is 0.165 e. The van der Waals surface area contributed by atoms with Gasteiger partial charge in [-0.05, 0) is 44.4 Å². The third kappa shape index (κ3) is 3.96. The number of rotatable bonds is 6. The first-order chi connectivity index (χ1) is 8.39. The average molecular weight is 255 g/mol. The maximum Gasteiger partial charge on any atom is 0.165 e. The van der Waals surface area contributed by atoms with Gasteiger partial charge in [-0.15, -0.1) is 0 Å². The summed E-state index contributed by atoms with van der Waals surface area (Å²) >= 11 is 0. The fraction of sp³-hybridized carbons (Fsp3) is 0.571. The molecule has 18 heavy (non-hydrogen) atoms. The molecule has 1 unspecified atom stereocenters. The Bertz CT molecular complexity index is 393. The van der Waals surface area contributed by atoms with Crippen LogP contribution >= 0.6 is 0 Å². The molecule has 1 aromatic rings. The molecule has 0 bridgehead atoms. The molecule has 0 heterocycles. The van der Waals surface area contributed by atoms with Gasteiger partial charge in [0.15, 0.2) is 11.6 Å². The summed E-state index contributed by atoms with van der Waals surface area (Å²) in [6.07, 6.45) is 1.56. The zero-order chi connectivity index (χ0) is 13.8. The molecule has 1 rings (SSSR count). The number of nitrogens with two attached hydrogens (primary N) is 1. The fourth-order valence-corrected chi connectivity index (χ4v) is 1.69. The van der Waals surface area contributed by atoms with Crippen LogP contribution in [-0.2, 0) is 4.74 Å². The van der Waals surface area contributed by atoms with Crippen molar-refractivity contribution in [1.29, 1.82) is 0 Å². The molecule has 0 aromatic heterocycles. The first-order valence-corrected chi connectivity index (χ1v) is 6.04. The van der Waals surface area contributed by atoms with Crippen LogP contribution in [0.25, 0.3) is 0 Å². The first-order valence-electron chi connectivity index (χ1n) is 6.04. The average Bonchev–Trinajstić information content (AvgIpc) is 2.36. The van der Waals surface area contributed by atoms with E-state index >= 15 is 0 Å². The molecule has 102 valence electrons. The number of halogens is 1. The Balaban J connectivity index is 2.67. The Morgan fingerprint density at radius 3 is 2.50 bits per heavy atom. The predicted octanol–water partition coefficient (Wildman–Crippen LogP) is 3.04. The lowest BCUT2D eigenvalue weighted by Crippen LogP contribution is -2.24. The number of benzene rings is 1. The van der Waals surface area contributed by atoms with Gasteiger partial charge in [0, 0.05) is 13.2 Å². The van der Waals surface area contributed by atoms with Gasteiger partial charge in [-0.1, -0.05) is 6.07 Å². The van der Waals surface area contributed by atoms with Gasteiger partial charge in [-0.25, -0.2) is 4.39 Å². The van der Waals surface area contributed by atoms with Crippen molar-refractivity contribution < 1.29 is 13.9 Å². The highest BCUT2D eigenvalue weighted by molar-refractivity contribution is 5.30. The second kappa shape index (κ2) is 6.16. The second-order valence-corrected chi connectivity index (χ2v) is 5.00. The molecule has 0 saturated heterocycles. The molecular formula is C14H22FNO2. The van der Waals surface area contributed by atoms with E-state index in [-0.39, 0.29) is 23.2 Å². The van der Waals surface area contributed by atoms with E-state index in [0.29, 0.717) is 0 Å². The van der Waals surface area contributed by atoms with Gasteiger partial charge in [-0.3, -0.25) is 0 Å². The zero-order valence-corrected chi connectivity index (χ0v) is 11.5. The Kier molecular flexibility index (Phi) is 5.11. The van der Waals surface area contributed by atoms with Crippen molar-refractivity contribution in [2.24, 2.45) is 5.73 Å². The van der Waals surface area contributed by atoms with E-state index in [1.54, 1.807) is 19.2 Å². The van der Waals surface area contributed by atoms with Crippen molar-refractivity contribution in [2.45, 2.75) is 38.3 Å². The van der Waals surface area contributed by atoms with E-state index in [0.717, 1.165) is 18.4 Å².